The minimum atomic E-state index is -0.909. The molecular weight excluding hydrogens is 239 g/mol. The van der Waals surface area contributed by atoms with Crippen molar-refractivity contribution in [2.75, 3.05) is 0 Å². The van der Waals surface area contributed by atoms with Crippen LogP contribution >= 0.6 is 0 Å². The van der Waals surface area contributed by atoms with Crippen LogP contribution in [0.3, 0.4) is 0 Å². The summed E-state index contributed by atoms with van der Waals surface area (Å²) in [4.78, 5) is 10.4. The molecule has 6 heteroatoms. The topological polar surface area (TPSA) is 76.2 Å². The van der Waals surface area contributed by atoms with E-state index in [0.29, 0.717) is 18.2 Å². The first-order valence-corrected chi connectivity index (χ1v) is 5.41. The molecule has 0 saturated carbocycles. The highest BCUT2D eigenvalue weighted by Gasteiger charge is 2.08. The van der Waals surface area contributed by atoms with Crippen LogP contribution in [0.25, 0.3) is 0 Å². The van der Waals surface area contributed by atoms with Gasteiger partial charge in [-0.15, -0.1) is 10.2 Å². The molecule has 0 bridgehead atoms. The third kappa shape index (κ3) is 3.38. The average Bonchev–Trinajstić information content (AvgIpc) is 2.77. The smallest absolute Gasteiger partial charge is 0.303 e. The van der Waals surface area contributed by atoms with Crippen molar-refractivity contribution in [3.8, 4) is 0 Å². The van der Waals surface area contributed by atoms with E-state index in [-0.39, 0.29) is 18.7 Å². The second kappa shape index (κ2) is 5.39. The molecule has 0 spiro atoms. The molecule has 0 atom stereocenters. The Balaban J connectivity index is 1.97. The molecule has 5 nitrogen and oxygen atoms in total. The third-order valence-electron chi connectivity index (χ3n) is 2.33. The van der Waals surface area contributed by atoms with Gasteiger partial charge in [0.05, 0.1) is 12.8 Å². The van der Waals surface area contributed by atoms with E-state index in [1.54, 1.807) is 12.1 Å². The number of carbonyl (C=O) groups is 1. The normalized spacial score (nSPS) is 10.5. The summed E-state index contributed by atoms with van der Waals surface area (Å²) in [6.45, 7) is 0. The first-order chi connectivity index (χ1) is 8.63. The van der Waals surface area contributed by atoms with Crippen LogP contribution in [0.15, 0.2) is 28.7 Å². The van der Waals surface area contributed by atoms with E-state index in [0.717, 1.165) is 5.56 Å². The van der Waals surface area contributed by atoms with E-state index in [1.165, 1.54) is 12.1 Å². The minimum Gasteiger partial charge on any atom is -0.481 e. The summed E-state index contributed by atoms with van der Waals surface area (Å²) in [5.41, 5.74) is 0.852. The van der Waals surface area contributed by atoms with Gasteiger partial charge in [-0.2, -0.15) is 0 Å². The second-order valence-electron chi connectivity index (χ2n) is 3.79. The summed E-state index contributed by atoms with van der Waals surface area (Å²) >= 11 is 0. The molecule has 0 aliphatic rings. The molecule has 1 aromatic carbocycles. The SMILES string of the molecule is O=C(O)CCc1nnc(Cc2ccc(F)cc2)o1. The van der Waals surface area contributed by atoms with Gasteiger partial charge in [-0.3, -0.25) is 4.79 Å². The molecule has 94 valence electrons. The molecule has 0 fully saturated rings. The van der Waals surface area contributed by atoms with Crippen molar-refractivity contribution in [2.24, 2.45) is 0 Å². The van der Waals surface area contributed by atoms with Crippen LogP contribution in [-0.4, -0.2) is 21.3 Å². The third-order valence-corrected chi connectivity index (χ3v) is 2.33. The molecule has 1 N–H and O–H groups in total. The molecule has 0 amide bonds. The van der Waals surface area contributed by atoms with Crippen molar-refractivity contribution >= 4 is 5.97 Å². The van der Waals surface area contributed by atoms with Crippen LogP contribution in [0.4, 0.5) is 4.39 Å². The molecule has 2 rings (SSSR count). The van der Waals surface area contributed by atoms with Gasteiger partial charge in [-0.1, -0.05) is 12.1 Å². The predicted molar refractivity (Wildman–Crippen MR) is 59.5 cm³/mol. The predicted octanol–water partition coefficient (Wildman–Crippen LogP) is 1.82. The Morgan fingerprint density at radius 3 is 2.56 bits per heavy atom. The zero-order valence-corrected chi connectivity index (χ0v) is 9.47. The molecule has 2 aromatic rings. The molecule has 0 unspecified atom stereocenters. The van der Waals surface area contributed by atoms with Gasteiger partial charge in [-0.05, 0) is 17.7 Å². The lowest BCUT2D eigenvalue weighted by atomic mass is 10.1. The van der Waals surface area contributed by atoms with Gasteiger partial charge >= 0.3 is 5.97 Å². The number of nitrogens with zero attached hydrogens (tertiary/aromatic N) is 2. The Morgan fingerprint density at radius 1 is 1.22 bits per heavy atom. The lowest BCUT2D eigenvalue weighted by molar-refractivity contribution is -0.137. The number of aliphatic carboxylic acids is 1. The number of carboxylic acids is 1. The van der Waals surface area contributed by atoms with E-state index in [2.05, 4.69) is 10.2 Å². The lowest BCUT2D eigenvalue weighted by Crippen LogP contribution is -1.97. The Bertz CT molecular complexity index is 537. The first-order valence-electron chi connectivity index (χ1n) is 5.41. The highest BCUT2D eigenvalue weighted by molar-refractivity contribution is 5.66. The van der Waals surface area contributed by atoms with E-state index in [1.807, 2.05) is 0 Å². The van der Waals surface area contributed by atoms with Crippen molar-refractivity contribution < 1.29 is 18.7 Å². The van der Waals surface area contributed by atoms with Crippen LogP contribution in [0.5, 0.6) is 0 Å². The van der Waals surface area contributed by atoms with Crippen molar-refractivity contribution in [1.82, 2.24) is 10.2 Å². The molecule has 1 heterocycles. The van der Waals surface area contributed by atoms with Gasteiger partial charge < -0.3 is 9.52 Å². The second-order valence-corrected chi connectivity index (χ2v) is 3.79. The van der Waals surface area contributed by atoms with E-state index in [9.17, 15) is 9.18 Å². The molecule has 18 heavy (non-hydrogen) atoms. The fourth-order valence-electron chi connectivity index (χ4n) is 1.45. The van der Waals surface area contributed by atoms with Crippen LogP contribution in [0.1, 0.15) is 23.8 Å². The van der Waals surface area contributed by atoms with E-state index >= 15 is 0 Å². The van der Waals surface area contributed by atoms with Crippen LogP contribution < -0.4 is 0 Å². The monoisotopic (exact) mass is 250 g/mol. The maximum absolute atomic E-state index is 12.7. The summed E-state index contributed by atoms with van der Waals surface area (Å²) in [6.07, 6.45) is 0.574. The number of aromatic nitrogens is 2. The number of hydrogen-bond donors (Lipinski definition) is 1. The first kappa shape index (κ1) is 12.2. The molecule has 1 aromatic heterocycles. The molecule has 0 aliphatic heterocycles. The van der Waals surface area contributed by atoms with Gasteiger partial charge in [-0.25, -0.2) is 4.39 Å². The van der Waals surface area contributed by atoms with Gasteiger partial charge in [0.15, 0.2) is 0 Å². The maximum Gasteiger partial charge on any atom is 0.303 e. The van der Waals surface area contributed by atoms with Crippen LogP contribution in [0, 0.1) is 5.82 Å². The molecular formula is C12H11FN2O3. The number of hydrogen-bond acceptors (Lipinski definition) is 4. The van der Waals surface area contributed by atoms with Crippen molar-refractivity contribution in [2.45, 2.75) is 19.3 Å². The maximum atomic E-state index is 12.7. The van der Waals surface area contributed by atoms with E-state index in [4.69, 9.17) is 9.52 Å². The van der Waals surface area contributed by atoms with Gasteiger partial charge in [0, 0.05) is 6.42 Å². The molecule has 0 radical (unpaired) electrons. The Labute approximate surface area is 102 Å². The molecule has 0 aliphatic carbocycles. The number of benzene rings is 1. The lowest BCUT2D eigenvalue weighted by Gasteiger charge is -1.96. The quantitative estimate of drug-likeness (QED) is 0.875. The minimum absolute atomic E-state index is 0.0435. The summed E-state index contributed by atoms with van der Waals surface area (Å²) in [5.74, 6) is -0.517. The molecule has 0 saturated heterocycles. The largest absolute Gasteiger partial charge is 0.481 e. The summed E-state index contributed by atoms with van der Waals surface area (Å²) in [7, 11) is 0. The number of halogens is 1. The fraction of sp³-hybridized carbons (Fsp3) is 0.250. The zero-order valence-electron chi connectivity index (χ0n) is 9.47. The van der Waals surface area contributed by atoms with Gasteiger partial charge in [0.2, 0.25) is 11.8 Å². The van der Waals surface area contributed by atoms with E-state index < -0.39 is 5.97 Å². The summed E-state index contributed by atoms with van der Waals surface area (Å²) in [5, 5.41) is 16.1. The Hall–Kier alpha value is -2.24. The number of aryl methyl sites for hydroxylation is 1. The van der Waals surface area contributed by atoms with Crippen molar-refractivity contribution in [1.29, 1.82) is 0 Å². The van der Waals surface area contributed by atoms with Crippen molar-refractivity contribution in [3.05, 3.63) is 47.4 Å². The van der Waals surface area contributed by atoms with Crippen LogP contribution in [-0.2, 0) is 17.6 Å². The Kier molecular flexibility index (Phi) is 3.66. The standard InChI is InChI=1S/C12H11FN2O3/c13-9-3-1-8(2-4-9)7-11-15-14-10(18-11)5-6-12(16)17/h1-4H,5-7H2,(H,16,17). The number of rotatable bonds is 5. The highest BCUT2D eigenvalue weighted by atomic mass is 19.1. The summed E-state index contributed by atoms with van der Waals surface area (Å²) < 4.78 is 18.0. The van der Waals surface area contributed by atoms with Crippen molar-refractivity contribution in [3.63, 3.8) is 0 Å². The Morgan fingerprint density at radius 2 is 1.89 bits per heavy atom. The summed E-state index contributed by atoms with van der Waals surface area (Å²) in [6, 6.07) is 5.99. The average molecular weight is 250 g/mol. The van der Waals surface area contributed by atoms with Gasteiger partial charge in [0.25, 0.3) is 0 Å². The highest BCUT2D eigenvalue weighted by Crippen LogP contribution is 2.10. The van der Waals surface area contributed by atoms with Gasteiger partial charge in [0.1, 0.15) is 5.82 Å². The van der Waals surface area contributed by atoms with Crippen LogP contribution in [0.2, 0.25) is 0 Å². The number of carboxylic acid groups (broad SMARTS) is 1. The fourth-order valence-corrected chi connectivity index (χ4v) is 1.45. The zero-order chi connectivity index (χ0) is 13.0.